The first-order valence-electron chi connectivity index (χ1n) is 6.44. The molecule has 1 aliphatic rings. The van der Waals surface area contributed by atoms with Crippen LogP contribution in [0.3, 0.4) is 0 Å². The van der Waals surface area contributed by atoms with Crippen molar-refractivity contribution in [2.75, 3.05) is 6.54 Å². The maximum absolute atomic E-state index is 9.59. The van der Waals surface area contributed by atoms with Crippen LogP contribution >= 0.6 is 0 Å². The smallest absolute Gasteiger partial charge is 0.138 e. The van der Waals surface area contributed by atoms with E-state index in [4.69, 9.17) is 5.73 Å². The van der Waals surface area contributed by atoms with Crippen LogP contribution < -0.4 is 5.73 Å². The fourth-order valence-electron chi connectivity index (χ4n) is 2.69. The standard InChI is InChI=1S/C12H22N4O/c1-2-16-11(14-9-15-16)7-12(8-13)5-3-10(17)4-6-12/h9-10,17H,2-8,13H2,1H3. The van der Waals surface area contributed by atoms with Crippen molar-refractivity contribution in [3.8, 4) is 0 Å². The van der Waals surface area contributed by atoms with Crippen LogP contribution in [0.2, 0.25) is 0 Å². The highest BCUT2D eigenvalue weighted by atomic mass is 16.3. The predicted molar refractivity (Wildman–Crippen MR) is 65.4 cm³/mol. The number of hydrogen-bond acceptors (Lipinski definition) is 4. The van der Waals surface area contributed by atoms with Gasteiger partial charge < -0.3 is 10.8 Å². The second-order valence-corrected chi connectivity index (χ2v) is 5.10. The molecule has 0 bridgehead atoms. The molecule has 1 heterocycles. The Balaban J connectivity index is 2.09. The maximum atomic E-state index is 9.59. The van der Waals surface area contributed by atoms with Gasteiger partial charge in [0.1, 0.15) is 12.2 Å². The number of nitrogens with two attached hydrogens (primary N) is 1. The predicted octanol–water partition coefficient (Wildman–Crippen LogP) is 0.720. The van der Waals surface area contributed by atoms with E-state index in [0.29, 0.717) is 6.54 Å². The van der Waals surface area contributed by atoms with Crippen LogP contribution in [0, 0.1) is 5.41 Å². The maximum Gasteiger partial charge on any atom is 0.138 e. The number of nitrogens with zero attached hydrogens (tertiary/aromatic N) is 3. The number of aliphatic hydroxyl groups is 1. The molecule has 17 heavy (non-hydrogen) atoms. The van der Waals surface area contributed by atoms with E-state index in [9.17, 15) is 5.11 Å². The zero-order valence-corrected chi connectivity index (χ0v) is 10.5. The molecule has 1 fully saturated rings. The lowest BCUT2D eigenvalue weighted by molar-refractivity contribution is 0.0649. The summed E-state index contributed by atoms with van der Waals surface area (Å²) < 4.78 is 1.93. The van der Waals surface area contributed by atoms with Crippen molar-refractivity contribution in [3.63, 3.8) is 0 Å². The molecule has 0 saturated heterocycles. The Morgan fingerprint density at radius 1 is 1.53 bits per heavy atom. The normalized spacial score (nSPS) is 29.5. The molecule has 2 rings (SSSR count). The number of aryl methyl sites for hydroxylation is 1. The first kappa shape index (κ1) is 12.5. The summed E-state index contributed by atoms with van der Waals surface area (Å²) in [6.07, 6.45) is 6.04. The minimum atomic E-state index is -0.140. The van der Waals surface area contributed by atoms with Crippen LogP contribution in [0.4, 0.5) is 0 Å². The molecule has 0 radical (unpaired) electrons. The van der Waals surface area contributed by atoms with E-state index in [2.05, 4.69) is 17.0 Å². The van der Waals surface area contributed by atoms with Gasteiger partial charge in [-0.15, -0.1) is 0 Å². The van der Waals surface area contributed by atoms with Crippen molar-refractivity contribution in [1.29, 1.82) is 0 Å². The molecule has 0 aromatic carbocycles. The molecule has 0 atom stereocenters. The quantitative estimate of drug-likeness (QED) is 0.810. The van der Waals surface area contributed by atoms with Gasteiger partial charge in [0, 0.05) is 13.0 Å². The highest BCUT2D eigenvalue weighted by Gasteiger charge is 2.35. The van der Waals surface area contributed by atoms with E-state index in [1.807, 2.05) is 4.68 Å². The van der Waals surface area contributed by atoms with Gasteiger partial charge in [0.05, 0.1) is 6.10 Å². The molecule has 5 heteroatoms. The van der Waals surface area contributed by atoms with Gasteiger partial charge in [0.25, 0.3) is 0 Å². The average molecular weight is 238 g/mol. The van der Waals surface area contributed by atoms with Gasteiger partial charge in [-0.2, -0.15) is 5.10 Å². The molecule has 1 aromatic rings. The van der Waals surface area contributed by atoms with Crippen molar-refractivity contribution < 1.29 is 5.11 Å². The fraction of sp³-hybridized carbons (Fsp3) is 0.833. The monoisotopic (exact) mass is 238 g/mol. The van der Waals surface area contributed by atoms with Crippen LogP contribution in [-0.4, -0.2) is 32.5 Å². The molecular formula is C12H22N4O. The summed E-state index contributed by atoms with van der Waals surface area (Å²) in [4.78, 5) is 4.33. The highest BCUT2D eigenvalue weighted by Crippen LogP contribution is 2.38. The molecule has 96 valence electrons. The van der Waals surface area contributed by atoms with E-state index in [1.165, 1.54) is 0 Å². The lowest BCUT2D eigenvalue weighted by atomic mass is 9.71. The Hall–Kier alpha value is -0.940. The lowest BCUT2D eigenvalue weighted by Gasteiger charge is -2.37. The highest BCUT2D eigenvalue weighted by molar-refractivity contribution is 4.97. The Morgan fingerprint density at radius 2 is 2.24 bits per heavy atom. The van der Waals surface area contributed by atoms with E-state index in [1.54, 1.807) is 6.33 Å². The van der Waals surface area contributed by atoms with Crippen molar-refractivity contribution in [3.05, 3.63) is 12.2 Å². The van der Waals surface area contributed by atoms with Crippen molar-refractivity contribution in [1.82, 2.24) is 14.8 Å². The molecule has 0 aliphatic heterocycles. The summed E-state index contributed by atoms with van der Waals surface area (Å²) >= 11 is 0. The summed E-state index contributed by atoms with van der Waals surface area (Å²) in [5, 5.41) is 13.8. The summed E-state index contributed by atoms with van der Waals surface area (Å²) in [5.74, 6) is 1.02. The molecule has 0 spiro atoms. The molecular weight excluding hydrogens is 216 g/mol. The minimum absolute atomic E-state index is 0.110. The van der Waals surface area contributed by atoms with Crippen molar-refractivity contribution in [2.24, 2.45) is 11.1 Å². The second kappa shape index (κ2) is 5.14. The Kier molecular flexibility index (Phi) is 3.79. The van der Waals surface area contributed by atoms with Gasteiger partial charge in [0.15, 0.2) is 0 Å². The van der Waals surface area contributed by atoms with E-state index >= 15 is 0 Å². The summed E-state index contributed by atoms with van der Waals surface area (Å²) in [6.45, 7) is 3.58. The van der Waals surface area contributed by atoms with Crippen LogP contribution in [0.15, 0.2) is 6.33 Å². The first-order valence-corrected chi connectivity index (χ1v) is 6.44. The largest absolute Gasteiger partial charge is 0.393 e. The fourth-order valence-corrected chi connectivity index (χ4v) is 2.69. The average Bonchev–Trinajstić information content (AvgIpc) is 2.79. The summed E-state index contributed by atoms with van der Waals surface area (Å²) in [5.41, 5.74) is 6.06. The number of aromatic nitrogens is 3. The van der Waals surface area contributed by atoms with Gasteiger partial charge >= 0.3 is 0 Å². The number of hydrogen-bond donors (Lipinski definition) is 2. The molecule has 0 unspecified atom stereocenters. The van der Waals surface area contributed by atoms with Gasteiger partial charge in [-0.3, -0.25) is 4.68 Å². The van der Waals surface area contributed by atoms with Crippen LogP contribution in [-0.2, 0) is 13.0 Å². The van der Waals surface area contributed by atoms with Gasteiger partial charge in [-0.05, 0) is 44.6 Å². The Morgan fingerprint density at radius 3 is 2.82 bits per heavy atom. The molecule has 1 aliphatic carbocycles. The number of rotatable bonds is 4. The van der Waals surface area contributed by atoms with Crippen LogP contribution in [0.5, 0.6) is 0 Å². The SMILES string of the molecule is CCn1ncnc1CC1(CN)CCC(O)CC1. The van der Waals surface area contributed by atoms with Gasteiger partial charge in [-0.1, -0.05) is 0 Å². The zero-order chi connectivity index (χ0) is 12.3. The topological polar surface area (TPSA) is 77.0 Å². The molecule has 5 nitrogen and oxygen atoms in total. The third-order valence-electron chi connectivity index (χ3n) is 3.98. The van der Waals surface area contributed by atoms with E-state index in [0.717, 1.165) is 44.5 Å². The Labute approximate surface area is 102 Å². The molecule has 0 amide bonds. The van der Waals surface area contributed by atoms with E-state index < -0.39 is 0 Å². The van der Waals surface area contributed by atoms with Crippen LogP contribution in [0.1, 0.15) is 38.4 Å². The zero-order valence-electron chi connectivity index (χ0n) is 10.5. The first-order chi connectivity index (χ1) is 8.19. The van der Waals surface area contributed by atoms with Crippen molar-refractivity contribution >= 4 is 0 Å². The third-order valence-corrected chi connectivity index (χ3v) is 3.98. The van der Waals surface area contributed by atoms with Gasteiger partial charge in [-0.25, -0.2) is 4.98 Å². The third kappa shape index (κ3) is 2.66. The van der Waals surface area contributed by atoms with Crippen LogP contribution in [0.25, 0.3) is 0 Å². The van der Waals surface area contributed by atoms with E-state index in [-0.39, 0.29) is 11.5 Å². The van der Waals surface area contributed by atoms with Crippen molar-refractivity contribution in [2.45, 2.75) is 51.7 Å². The van der Waals surface area contributed by atoms with Gasteiger partial charge in [0.2, 0.25) is 0 Å². The molecule has 3 N–H and O–H groups in total. The second-order valence-electron chi connectivity index (χ2n) is 5.10. The lowest BCUT2D eigenvalue weighted by Crippen LogP contribution is -2.38. The molecule has 1 saturated carbocycles. The minimum Gasteiger partial charge on any atom is -0.393 e. The Bertz CT molecular complexity index is 355. The number of aliphatic hydroxyl groups excluding tert-OH is 1. The summed E-state index contributed by atoms with van der Waals surface area (Å²) in [7, 11) is 0. The molecule has 1 aromatic heterocycles. The summed E-state index contributed by atoms with van der Waals surface area (Å²) in [6, 6.07) is 0.